The minimum atomic E-state index is 0.0306. The number of hydrogen-bond acceptors (Lipinski definition) is 2. The predicted octanol–water partition coefficient (Wildman–Crippen LogP) is 0.438. The standard InChI is InChI=1S/C8H16N2O2/c1-2-9-8(11)10-4-3-6-12-7-5-10/h2-7H2,1H3,(H,9,11). The first-order valence-electron chi connectivity index (χ1n) is 4.45. The Bertz CT molecular complexity index is 142. The minimum absolute atomic E-state index is 0.0306. The van der Waals surface area contributed by atoms with Crippen LogP contribution in [0.15, 0.2) is 0 Å². The Morgan fingerprint density at radius 1 is 1.50 bits per heavy atom. The predicted molar refractivity (Wildman–Crippen MR) is 46.1 cm³/mol. The van der Waals surface area contributed by atoms with Crippen molar-refractivity contribution in [1.82, 2.24) is 10.2 Å². The van der Waals surface area contributed by atoms with Gasteiger partial charge in [0.25, 0.3) is 0 Å². The smallest absolute Gasteiger partial charge is 0.317 e. The first-order valence-corrected chi connectivity index (χ1v) is 4.45. The van der Waals surface area contributed by atoms with Gasteiger partial charge in [-0.15, -0.1) is 0 Å². The molecule has 70 valence electrons. The molecule has 1 N–H and O–H groups in total. The number of nitrogens with zero attached hydrogens (tertiary/aromatic N) is 1. The molecule has 0 aromatic carbocycles. The molecule has 1 aliphatic heterocycles. The van der Waals surface area contributed by atoms with Crippen molar-refractivity contribution in [2.75, 3.05) is 32.8 Å². The normalized spacial score (nSPS) is 18.6. The van der Waals surface area contributed by atoms with Crippen LogP contribution in [0.5, 0.6) is 0 Å². The summed E-state index contributed by atoms with van der Waals surface area (Å²) in [6.45, 7) is 5.58. The lowest BCUT2D eigenvalue weighted by molar-refractivity contribution is 0.142. The molecule has 1 heterocycles. The maximum Gasteiger partial charge on any atom is 0.317 e. The number of ether oxygens (including phenoxy) is 1. The monoisotopic (exact) mass is 172 g/mol. The molecule has 2 amide bonds. The third kappa shape index (κ3) is 2.70. The molecule has 4 nitrogen and oxygen atoms in total. The Balaban J connectivity index is 2.32. The summed E-state index contributed by atoms with van der Waals surface area (Å²) in [7, 11) is 0. The number of hydrogen-bond donors (Lipinski definition) is 1. The Morgan fingerprint density at radius 2 is 2.33 bits per heavy atom. The molecule has 0 atom stereocenters. The van der Waals surface area contributed by atoms with E-state index >= 15 is 0 Å². The van der Waals surface area contributed by atoms with Crippen LogP contribution < -0.4 is 5.32 Å². The fourth-order valence-corrected chi connectivity index (χ4v) is 1.21. The molecule has 1 fully saturated rings. The first-order chi connectivity index (χ1) is 5.84. The molecular formula is C8H16N2O2. The number of urea groups is 1. The van der Waals surface area contributed by atoms with E-state index in [2.05, 4.69) is 5.32 Å². The average molecular weight is 172 g/mol. The maximum absolute atomic E-state index is 11.3. The zero-order valence-electron chi connectivity index (χ0n) is 7.51. The van der Waals surface area contributed by atoms with Crippen molar-refractivity contribution < 1.29 is 9.53 Å². The highest BCUT2D eigenvalue weighted by Crippen LogP contribution is 1.98. The van der Waals surface area contributed by atoms with Gasteiger partial charge in [-0.2, -0.15) is 0 Å². The van der Waals surface area contributed by atoms with Gasteiger partial charge in [-0.05, 0) is 13.3 Å². The summed E-state index contributed by atoms with van der Waals surface area (Å²) < 4.78 is 5.23. The molecular weight excluding hydrogens is 156 g/mol. The highest BCUT2D eigenvalue weighted by Gasteiger charge is 2.13. The highest BCUT2D eigenvalue weighted by molar-refractivity contribution is 5.74. The van der Waals surface area contributed by atoms with Gasteiger partial charge in [0.15, 0.2) is 0 Å². The number of amides is 2. The van der Waals surface area contributed by atoms with Crippen molar-refractivity contribution in [3.63, 3.8) is 0 Å². The van der Waals surface area contributed by atoms with Gasteiger partial charge in [-0.1, -0.05) is 0 Å². The van der Waals surface area contributed by atoms with E-state index in [4.69, 9.17) is 4.74 Å². The Labute approximate surface area is 72.9 Å². The van der Waals surface area contributed by atoms with Gasteiger partial charge in [0.2, 0.25) is 0 Å². The van der Waals surface area contributed by atoms with Crippen LogP contribution in [-0.4, -0.2) is 43.8 Å². The zero-order valence-corrected chi connectivity index (χ0v) is 7.51. The van der Waals surface area contributed by atoms with Gasteiger partial charge < -0.3 is 15.0 Å². The molecule has 0 aliphatic carbocycles. The Kier molecular flexibility index (Phi) is 3.87. The van der Waals surface area contributed by atoms with Crippen LogP contribution in [0.1, 0.15) is 13.3 Å². The largest absolute Gasteiger partial charge is 0.380 e. The third-order valence-electron chi connectivity index (χ3n) is 1.84. The quantitative estimate of drug-likeness (QED) is 0.623. The number of carbonyl (C=O) groups excluding carboxylic acids is 1. The van der Waals surface area contributed by atoms with Crippen LogP contribution in [-0.2, 0) is 4.74 Å². The molecule has 1 saturated heterocycles. The maximum atomic E-state index is 11.3. The van der Waals surface area contributed by atoms with E-state index in [0.717, 1.165) is 19.6 Å². The first kappa shape index (κ1) is 9.32. The van der Waals surface area contributed by atoms with Crippen molar-refractivity contribution in [3.05, 3.63) is 0 Å². The summed E-state index contributed by atoms with van der Waals surface area (Å²) in [4.78, 5) is 13.1. The van der Waals surface area contributed by atoms with Crippen LogP contribution in [0.25, 0.3) is 0 Å². The average Bonchev–Trinajstić information content (AvgIpc) is 2.32. The molecule has 0 saturated carbocycles. The lowest BCUT2D eigenvalue weighted by atomic mass is 10.4. The topological polar surface area (TPSA) is 41.6 Å². The summed E-state index contributed by atoms with van der Waals surface area (Å²) >= 11 is 0. The summed E-state index contributed by atoms with van der Waals surface area (Å²) in [5, 5.41) is 2.77. The van der Waals surface area contributed by atoms with Crippen molar-refractivity contribution in [2.45, 2.75) is 13.3 Å². The van der Waals surface area contributed by atoms with Crippen LogP contribution >= 0.6 is 0 Å². The molecule has 0 unspecified atom stereocenters. The van der Waals surface area contributed by atoms with Crippen molar-refractivity contribution in [2.24, 2.45) is 0 Å². The number of carbonyl (C=O) groups is 1. The van der Waals surface area contributed by atoms with E-state index in [9.17, 15) is 4.79 Å². The van der Waals surface area contributed by atoms with Crippen LogP contribution in [0.4, 0.5) is 4.79 Å². The SMILES string of the molecule is CCNC(=O)N1CCCOCC1. The molecule has 0 radical (unpaired) electrons. The highest BCUT2D eigenvalue weighted by atomic mass is 16.5. The van der Waals surface area contributed by atoms with Gasteiger partial charge in [0.1, 0.15) is 0 Å². The molecule has 0 spiro atoms. The molecule has 0 aromatic rings. The Morgan fingerprint density at radius 3 is 3.08 bits per heavy atom. The second kappa shape index (κ2) is 4.98. The van der Waals surface area contributed by atoms with E-state index < -0.39 is 0 Å². The minimum Gasteiger partial charge on any atom is -0.380 e. The third-order valence-corrected chi connectivity index (χ3v) is 1.84. The lowest BCUT2D eigenvalue weighted by Crippen LogP contribution is -2.41. The van der Waals surface area contributed by atoms with Gasteiger partial charge in [-0.3, -0.25) is 0 Å². The lowest BCUT2D eigenvalue weighted by Gasteiger charge is -2.19. The Hall–Kier alpha value is -0.770. The van der Waals surface area contributed by atoms with Gasteiger partial charge >= 0.3 is 6.03 Å². The fourth-order valence-electron chi connectivity index (χ4n) is 1.21. The summed E-state index contributed by atoms with van der Waals surface area (Å²) in [5.41, 5.74) is 0. The molecule has 1 rings (SSSR count). The summed E-state index contributed by atoms with van der Waals surface area (Å²) in [5.74, 6) is 0. The molecule has 12 heavy (non-hydrogen) atoms. The molecule has 1 aliphatic rings. The molecule has 0 bridgehead atoms. The summed E-state index contributed by atoms with van der Waals surface area (Å²) in [6, 6.07) is 0.0306. The van der Waals surface area contributed by atoms with Crippen molar-refractivity contribution in [1.29, 1.82) is 0 Å². The zero-order chi connectivity index (χ0) is 8.81. The van der Waals surface area contributed by atoms with E-state index in [0.29, 0.717) is 19.7 Å². The fraction of sp³-hybridized carbons (Fsp3) is 0.875. The second-order valence-corrected chi connectivity index (χ2v) is 2.79. The van der Waals surface area contributed by atoms with E-state index in [-0.39, 0.29) is 6.03 Å². The van der Waals surface area contributed by atoms with Gasteiger partial charge in [0.05, 0.1) is 6.61 Å². The van der Waals surface area contributed by atoms with E-state index in [1.54, 1.807) is 4.90 Å². The van der Waals surface area contributed by atoms with E-state index in [1.165, 1.54) is 0 Å². The number of rotatable bonds is 1. The van der Waals surface area contributed by atoms with Crippen molar-refractivity contribution >= 4 is 6.03 Å². The molecule has 0 aromatic heterocycles. The number of nitrogens with one attached hydrogen (secondary N) is 1. The summed E-state index contributed by atoms with van der Waals surface area (Å²) in [6.07, 6.45) is 0.942. The van der Waals surface area contributed by atoms with Crippen LogP contribution in [0, 0.1) is 0 Å². The van der Waals surface area contributed by atoms with Gasteiger partial charge in [-0.25, -0.2) is 4.79 Å². The van der Waals surface area contributed by atoms with Crippen molar-refractivity contribution in [3.8, 4) is 0 Å². The van der Waals surface area contributed by atoms with Gasteiger partial charge in [0, 0.05) is 26.2 Å². The van der Waals surface area contributed by atoms with Crippen LogP contribution in [0.2, 0.25) is 0 Å². The van der Waals surface area contributed by atoms with E-state index in [1.807, 2.05) is 6.92 Å². The van der Waals surface area contributed by atoms with Crippen LogP contribution in [0.3, 0.4) is 0 Å². The second-order valence-electron chi connectivity index (χ2n) is 2.79. The molecule has 4 heteroatoms.